The number of nitrogens with zero attached hydrogens (tertiary/aromatic N) is 1. The third-order valence-corrected chi connectivity index (χ3v) is 4.20. The van der Waals surface area contributed by atoms with E-state index in [9.17, 15) is 19.2 Å². The second-order valence-electron chi connectivity index (χ2n) is 6.27. The molecule has 2 N–H and O–H groups in total. The van der Waals surface area contributed by atoms with Crippen LogP contribution in [-0.2, 0) is 19.1 Å². The average Bonchev–Trinajstić information content (AvgIpc) is 2.73. The second-order valence-corrected chi connectivity index (χ2v) is 6.27. The zero-order valence-corrected chi connectivity index (χ0v) is 16.6. The molecule has 3 amide bonds. The fraction of sp³-hybridized carbons (Fsp3) is 0.333. The predicted octanol–water partition coefficient (Wildman–Crippen LogP) is 1.10. The first-order valence-corrected chi connectivity index (χ1v) is 9.41. The van der Waals surface area contributed by atoms with E-state index in [4.69, 9.17) is 4.74 Å². The number of carbonyl (C=O) groups is 4. The van der Waals surface area contributed by atoms with Gasteiger partial charge in [0.05, 0.1) is 6.54 Å². The molecule has 2 aromatic rings. The molecule has 0 spiro atoms. The minimum atomic E-state index is -0.735. The molecular weight excluding hydrogens is 374 g/mol. The SMILES string of the molecule is CCNC(=O)CN(CC)C(=O)COC(=O)CNC(=O)c1ccc2ccccc2c1. The Morgan fingerprint density at radius 1 is 0.966 bits per heavy atom. The highest BCUT2D eigenvalue weighted by atomic mass is 16.5. The lowest BCUT2D eigenvalue weighted by Crippen LogP contribution is -2.42. The number of amides is 3. The Balaban J connectivity index is 1.80. The molecule has 0 fully saturated rings. The molecule has 154 valence electrons. The van der Waals surface area contributed by atoms with Gasteiger partial charge < -0.3 is 20.3 Å². The monoisotopic (exact) mass is 399 g/mol. The van der Waals surface area contributed by atoms with Crippen LogP contribution >= 0.6 is 0 Å². The Morgan fingerprint density at radius 2 is 1.69 bits per heavy atom. The van der Waals surface area contributed by atoms with Gasteiger partial charge in [0, 0.05) is 18.7 Å². The van der Waals surface area contributed by atoms with Crippen LogP contribution in [0.3, 0.4) is 0 Å². The van der Waals surface area contributed by atoms with Gasteiger partial charge in [-0.15, -0.1) is 0 Å². The van der Waals surface area contributed by atoms with Crippen LogP contribution in [0.4, 0.5) is 0 Å². The summed E-state index contributed by atoms with van der Waals surface area (Å²) >= 11 is 0. The van der Waals surface area contributed by atoms with Gasteiger partial charge in [-0.1, -0.05) is 30.3 Å². The van der Waals surface area contributed by atoms with E-state index in [2.05, 4.69) is 10.6 Å². The van der Waals surface area contributed by atoms with Crippen molar-refractivity contribution in [3.05, 3.63) is 48.0 Å². The lowest BCUT2D eigenvalue weighted by molar-refractivity contribution is -0.151. The average molecular weight is 399 g/mol. The highest BCUT2D eigenvalue weighted by Gasteiger charge is 2.17. The summed E-state index contributed by atoms with van der Waals surface area (Å²) in [4.78, 5) is 49.0. The van der Waals surface area contributed by atoms with E-state index in [1.807, 2.05) is 30.3 Å². The normalized spacial score (nSPS) is 10.3. The number of hydrogen-bond acceptors (Lipinski definition) is 5. The second kappa shape index (κ2) is 10.8. The Hall–Kier alpha value is -3.42. The molecule has 0 bridgehead atoms. The van der Waals surface area contributed by atoms with E-state index in [-0.39, 0.29) is 19.0 Å². The van der Waals surface area contributed by atoms with E-state index < -0.39 is 24.4 Å². The van der Waals surface area contributed by atoms with Gasteiger partial charge >= 0.3 is 5.97 Å². The first-order valence-electron chi connectivity index (χ1n) is 9.41. The molecule has 0 aliphatic heterocycles. The smallest absolute Gasteiger partial charge is 0.325 e. The Kier molecular flexibility index (Phi) is 8.14. The van der Waals surface area contributed by atoms with Crippen LogP contribution in [0.2, 0.25) is 0 Å². The summed E-state index contributed by atoms with van der Waals surface area (Å²) < 4.78 is 4.91. The van der Waals surface area contributed by atoms with E-state index in [1.165, 1.54) is 4.90 Å². The summed E-state index contributed by atoms with van der Waals surface area (Å²) in [6, 6.07) is 12.9. The summed E-state index contributed by atoms with van der Waals surface area (Å²) in [7, 11) is 0. The number of nitrogens with one attached hydrogen (secondary N) is 2. The molecule has 0 aliphatic rings. The molecule has 0 heterocycles. The van der Waals surface area contributed by atoms with Crippen molar-refractivity contribution >= 4 is 34.5 Å². The van der Waals surface area contributed by atoms with Gasteiger partial charge in [0.2, 0.25) is 5.91 Å². The standard InChI is InChI=1S/C21H25N3O5/c1-3-22-18(25)13-24(4-2)19(26)14-29-20(27)12-23-21(28)17-10-9-15-7-5-6-8-16(15)11-17/h5-11H,3-4,12-14H2,1-2H3,(H,22,25)(H,23,28). The molecule has 2 aromatic carbocycles. The number of esters is 1. The van der Waals surface area contributed by atoms with Crippen molar-refractivity contribution in [1.82, 2.24) is 15.5 Å². The first kappa shape index (κ1) is 21.9. The van der Waals surface area contributed by atoms with Gasteiger partial charge in [0.15, 0.2) is 6.61 Å². The van der Waals surface area contributed by atoms with Crippen LogP contribution in [0.25, 0.3) is 10.8 Å². The van der Waals surface area contributed by atoms with E-state index in [0.717, 1.165) is 10.8 Å². The van der Waals surface area contributed by atoms with Crippen molar-refractivity contribution in [3.63, 3.8) is 0 Å². The number of hydrogen-bond donors (Lipinski definition) is 2. The summed E-state index contributed by atoms with van der Waals surface area (Å²) in [5, 5.41) is 7.00. The van der Waals surface area contributed by atoms with Crippen molar-refractivity contribution in [1.29, 1.82) is 0 Å². The number of fused-ring (bicyclic) bond motifs is 1. The van der Waals surface area contributed by atoms with Gasteiger partial charge in [-0.25, -0.2) is 0 Å². The minimum absolute atomic E-state index is 0.0978. The molecule has 0 radical (unpaired) electrons. The minimum Gasteiger partial charge on any atom is -0.454 e. The van der Waals surface area contributed by atoms with Gasteiger partial charge in [-0.2, -0.15) is 0 Å². The third kappa shape index (κ3) is 6.60. The fourth-order valence-electron chi connectivity index (χ4n) is 2.67. The molecular formula is C21H25N3O5. The molecule has 2 rings (SSSR count). The lowest BCUT2D eigenvalue weighted by atomic mass is 10.1. The number of rotatable bonds is 9. The van der Waals surface area contributed by atoms with Crippen LogP contribution in [-0.4, -0.2) is 61.4 Å². The molecule has 8 nitrogen and oxygen atoms in total. The van der Waals surface area contributed by atoms with Crippen LogP contribution < -0.4 is 10.6 Å². The summed E-state index contributed by atoms with van der Waals surface area (Å²) in [6.45, 7) is 3.34. The molecule has 0 unspecified atom stereocenters. The number of carbonyl (C=O) groups excluding carboxylic acids is 4. The van der Waals surface area contributed by atoms with Gasteiger partial charge in [0.1, 0.15) is 6.54 Å². The number of ether oxygens (including phenoxy) is 1. The van der Waals surface area contributed by atoms with Crippen molar-refractivity contribution < 1.29 is 23.9 Å². The fourth-order valence-corrected chi connectivity index (χ4v) is 2.67. The van der Waals surface area contributed by atoms with Crippen molar-refractivity contribution in [2.75, 3.05) is 32.8 Å². The van der Waals surface area contributed by atoms with Crippen molar-refractivity contribution in [3.8, 4) is 0 Å². The van der Waals surface area contributed by atoms with E-state index in [0.29, 0.717) is 18.7 Å². The molecule has 8 heteroatoms. The number of benzene rings is 2. The highest BCUT2D eigenvalue weighted by Crippen LogP contribution is 2.15. The molecule has 0 saturated carbocycles. The first-order chi connectivity index (χ1) is 13.9. The van der Waals surface area contributed by atoms with Crippen molar-refractivity contribution in [2.24, 2.45) is 0 Å². The van der Waals surface area contributed by atoms with E-state index in [1.54, 1.807) is 26.0 Å². The summed E-state index contributed by atoms with van der Waals surface area (Å²) in [5.41, 5.74) is 0.423. The zero-order chi connectivity index (χ0) is 21.2. The highest BCUT2D eigenvalue weighted by molar-refractivity contribution is 5.99. The Morgan fingerprint density at radius 3 is 2.38 bits per heavy atom. The van der Waals surface area contributed by atoms with Crippen LogP contribution in [0.5, 0.6) is 0 Å². The quantitative estimate of drug-likeness (QED) is 0.615. The van der Waals surface area contributed by atoms with Gasteiger partial charge in [0.25, 0.3) is 11.8 Å². The molecule has 0 saturated heterocycles. The maximum absolute atomic E-state index is 12.2. The number of likely N-dealkylation sites (N-methyl/N-ethyl adjacent to an activating group) is 2. The summed E-state index contributed by atoms with van der Waals surface area (Å²) in [6.07, 6.45) is 0. The molecule has 0 aromatic heterocycles. The molecule has 0 aliphatic carbocycles. The Labute approximate surface area is 169 Å². The van der Waals surface area contributed by atoms with Crippen molar-refractivity contribution in [2.45, 2.75) is 13.8 Å². The maximum Gasteiger partial charge on any atom is 0.325 e. The van der Waals surface area contributed by atoms with Crippen LogP contribution in [0.15, 0.2) is 42.5 Å². The van der Waals surface area contributed by atoms with Gasteiger partial charge in [-0.05, 0) is 36.8 Å². The van der Waals surface area contributed by atoms with Crippen LogP contribution in [0.1, 0.15) is 24.2 Å². The van der Waals surface area contributed by atoms with Gasteiger partial charge in [-0.3, -0.25) is 19.2 Å². The maximum atomic E-state index is 12.2. The summed E-state index contributed by atoms with van der Waals surface area (Å²) in [5.74, 6) is -1.91. The van der Waals surface area contributed by atoms with E-state index >= 15 is 0 Å². The lowest BCUT2D eigenvalue weighted by Gasteiger charge is -2.20. The topological polar surface area (TPSA) is 105 Å². The third-order valence-electron chi connectivity index (χ3n) is 4.20. The van der Waals surface area contributed by atoms with Crippen LogP contribution in [0, 0.1) is 0 Å². The molecule has 0 atom stereocenters. The Bertz CT molecular complexity index is 897. The molecule has 29 heavy (non-hydrogen) atoms. The largest absolute Gasteiger partial charge is 0.454 e. The zero-order valence-electron chi connectivity index (χ0n) is 16.6. The predicted molar refractivity (Wildman–Crippen MR) is 108 cm³/mol.